The summed E-state index contributed by atoms with van der Waals surface area (Å²) in [5.41, 5.74) is 4.88. The number of carbonyl (C=O) groups is 3. The molecule has 0 spiro atoms. The van der Waals surface area contributed by atoms with Gasteiger partial charge in [0.1, 0.15) is 5.75 Å². The Hall–Kier alpha value is -2.77. The summed E-state index contributed by atoms with van der Waals surface area (Å²) < 4.78 is 10.0. The van der Waals surface area contributed by atoms with E-state index in [2.05, 4.69) is 15.6 Å². The van der Waals surface area contributed by atoms with Crippen molar-refractivity contribution >= 4 is 41.0 Å². The number of hydrazine groups is 1. The number of ether oxygens (including phenoxy) is 2. The lowest BCUT2D eigenvalue weighted by molar-refractivity contribution is -0.128. The normalized spacial score (nSPS) is 11.3. The van der Waals surface area contributed by atoms with Gasteiger partial charge in [0.25, 0.3) is 11.8 Å². The molecule has 0 saturated heterocycles. The van der Waals surface area contributed by atoms with Crippen LogP contribution in [0.15, 0.2) is 42.5 Å². The third kappa shape index (κ3) is 5.60. The van der Waals surface area contributed by atoms with Crippen LogP contribution in [0.25, 0.3) is 0 Å². The van der Waals surface area contributed by atoms with Crippen molar-refractivity contribution < 1.29 is 23.9 Å². The lowest BCUT2D eigenvalue weighted by atomic mass is 10.1. The van der Waals surface area contributed by atoms with Crippen LogP contribution in [0.4, 0.5) is 0 Å². The van der Waals surface area contributed by atoms with Crippen LogP contribution in [0.2, 0.25) is 10.0 Å². The molecule has 1 unspecified atom stereocenters. The molecule has 0 heterocycles. The van der Waals surface area contributed by atoms with Crippen LogP contribution in [0.3, 0.4) is 0 Å². The summed E-state index contributed by atoms with van der Waals surface area (Å²) in [6, 6.07) is 10.5. The SMILES string of the molecule is COC(=O)c1cccc(C(=O)NNC(=O)C(C)Oc2ccc(Cl)cc2Cl)c1. The molecule has 0 saturated carbocycles. The van der Waals surface area contributed by atoms with E-state index in [0.717, 1.165) is 0 Å². The molecule has 0 bridgehead atoms. The van der Waals surface area contributed by atoms with Gasteiger partial charge in [-0.3, -0.25) is 20.4 Å². The van der Waals surface area contributed by atoms with Crippen LogP contribution < -0.4 is 15.6 Å². The average Bonchev–Trinajstić information content (AvgIpc) is 2.67. The van der Waals surface area contributed by atoms with Crippen molar-refractivity contribution in [2.24, 2.45) is 0 Å². The fourth-order valence-corrected chi connectivity index (χ4v) is 2.47. The van der Waals surface area contributed by atoms with Gasteiger partial charge in [-0.15, -0.1) is 0 Å². The van der Waals surface area contributed by atoms with Crippen molar-refractivity contribution in [1.82, 2.24) is 10.9 Å². The minimum Gasteiger partial charge on any atom is -0.479 e. The summed E-state index contributed by atoms with van der Waals surface area (Å²) >= 11 is 11.8. The summed E-state index contributed by atoms with van der Waals surface area (Å²) in [5.74, 6) is -1.50. The quantitative estimate of drug-likeness (QED) is 0.583. The molecule has 2 rings (SSSR count). The van der Waals surface area contributed by atoms with Crippen molar-refractivity contribution in [2.75, 3.05) is 7.11 Å². The summed E-state index contributed by atoms with van der Waals surface area (Å²) in [4.78, 5) is 35.7. The predicted molar refractivity (Wildman–Crippen MR) is 99.9 cm³/mol. The molecule has 0 aromatic heterocycles. The number of amides is 2. The van der Waals surface area contributed by atoms with Crippen molar-refractivity contribution in [3.05, 3.63) is 63.6 Å². The van der Waals surface area contributed by atoms with Gasteiger partial charge < -0.3 is 9.47 Å². The third-order valence-electron chi connectivity index (χ3n) is 3.41. The first kappa shape index (κ1) is 20.5. The van der Waals surface area contributed by atoms with Crippen LogP contribution in [0, 0.1) is 0 Å². The average molecular weight is 411 g/mol. The second-order valence-electron chi connectivity index (χ2n) is 5.35. The van der Waals surface area contributed by atoms with E-state index in [1.807, 2.05) is 0 Å². The van der Waals surface area contributed by atoms with Crippen LogP contribution in [0.1, 0.15) is 27.6 Å². The van der Waals surface area contributed by atoms with E-state index in [4.69, 9.17) is 27.9 Å². The molecular formula is C18H16Cl2N2O5. The van der Waals surface area contributed by atoms with Crippen LogP contribution in [-0.4, -0.2) is 31.0 Å². The lowest BCUT2D eigenvalue weighted by Gasteiger charge is -2.16. The molecule has 0 aliphatic carbocycles. The van der Waals surface area contributed by atoms with Gasteiger partial charge in [0.15, 0.2) is 6.10 Å². The lowest BCUT2D eigenvalue weighted by Crippen LogP contribution is -2.47. The maximum atomic E-state index is 12.1. The van der Waals surface area contributed by atoms with Crippen LogP contribution in [0.5, 0.6) is 5.75 Å². The minimum absolute atomic E-state index is 0.174. The second kappa shape index (κ2) is 9.25. The van der Waals surface area contributed by atoms with Gasteiger partial charge in [0.2, 0.25) is 0 Å². The largest absolute Gasteiger partial charge is 0.479 e. The van der Waals surface area contributed by atoms with Crippen molar-refractivity contribution in [3.63, 3.8) is 0 Å². The summed E-state index contributed by atoms with van der Waals surface area (Å²) in [6.45, 7) is 1.49. The van der Waals surface area contributed by atoms with E-state index >= 15 is 0 Å². The van der Waals surface area contributed by atoms with Crippen molar-refractivity contribution in [2.45, 2.75) is 13.0 Å². The number of halogens is 2. The van der Waals surface area contributed by atoms with Gasteiger partial charge in [-0.1, -0.05) is 29.3 Å². The smallest absolute Gasteiger partial charge is 0.337 e. The molecule has 2 N–H and O–H groups in total. The standard InChI is InChI=1S/C18H16Cl2N2O5/c1-10(27-15-7-6-13(19)9-14(15)20)16(23)21-22-17(24)11-4-3-5-12(8-11)18(25)26-2/h3-10H,1-2H3,(H,21,23)(H,22,24). The molecule has 2 amide bonds. The Morgan fingerprint density at radius 1 is 1.00 bits per heavy atom. The maximum absolute atomic E-state index is 12.1. The Balaban J connectivity index is 1.94. The van der Waals surface area contributed by atoms with Crippen LogP contribution in [-0.2, 0) is 9.53 Å². The Labute approximate surface area is 165 Å². The van der Waals surface area contributed by atoms with Gasteiger partial charge in [-0.2, -0.15) is 0 Å². The van der Waals surface area contributed by atoms with Crippen LogP contribution >= 0.6 is 23.2 Å². The molecule has 0 radical (unpaired) electrons. The highest BCUT2D eigenvalue weighted by Gasteiger charge is 2.18. The number of hydrogen-bond donors (Lipinski definition) is 2. The molecule has 27 heavy (non-hydrogen) atoms. The number of benzene rings is 2. The number of carbonyl (C=O) groups excluding carboxylic acids is 3. The van der Waals surface area contributed by atoms with E-state index < -0.39 is 23.9 Å². The number of rotatable bonds is 5. The second-order valence-corrected chi connectivity index (χ2v) is 6.19. The molecule has 1 atom stereocenters. The highest BCUT2D eigenvalue weighted by Crippen LogP contribution is 2.28. The van der Waals surface area contributed by atoms with Crippen molar-refractivity contribution in [1.29, 1.82) is 0 Å². The monoisotopic (exact) mass is 410 g/mol. The summed E-state index contributed by atoms with van der Waals surface area (Å²) in [6.07, 6.45) is -0.939. The maximum Gasteiger partial charge on any atom is 0.337 e. The molecular weight excluding hydrogens is 395 g/mol. The topological polar surface area (TPSA) is 93.7 Å². The molecule has 2 aromatic carbocycles. The predicted octanol–water partition coefficient (Wildman–Crippen LogP) is 3.01. The fourth-order valence-electron chi connectivity index (χ4n) is 2.01. The molecule has 7 nitrogen and oxygen atoms in total. The zero-order chi connectivity index (χ0) is 20.0. The van der Waals surface area contributed by atoms with Crippen molar-refractivity contribution in [3.8, 4) is 5.75 Å². The summed E-state index contributed by atoms with van der Waals surface area (Å²) in [5, 5.41) is 0.691. The van der Waals surface area contributed by atoms with Gasteiger partial charge in [0, 0.05) is 10.6 Å². The zero-order valence-electron chi connectivity index (χ0n) is 14.4. The van der Waals surface area contributed by atoms with E-state index in [-0.39, 0.29) is 21.9 Å². The van der Waals surface area contributed by atoms with E-state index in [9.17, 15) is 14.4 Å². The number of methoxy groups -OCH3 is 1. The van der Waals surface area contributed by atoms with E-state index in [0.29, 0.717) is 5.02 Å². The molecule has 142 valence electrons. The highest BCUT2D eigenvalue weighted by atomic mass is 35.5. The molecule has 0 aliphatic rings. The Kier molecular flexibility index (Phi) is 7.04. The van der Waals surface area contributed by atoms with Gasteiger partial charge >= 0.3 is 5.97 Å². The van der Waals surface area contributed by atoms with E-state index in [1.54, 1.807) is 6.07 Å². The third-order valence-corrected chi connectivity index (χ3v) is 3.94. The van der Waals surface area contributed by atoms with E-state index in [1.165, 1.54) is 50.4 Å². The molecule has 0 fully saturated rings. The van der Waals surface area contributed by atoms with Gasteiger partial charge in [-0.05, 0) is 43.3 Å². The highest BCUT2D eigenvalue weighted by molar-refractivity contribution is 6.35. The fraction of sp³-hybridized carbons (Fsp3) is 0.167. The number of nitrogens with one attached hydrogen (secondary N) is 2. The molecule has 0 aliphatic heterocycles. The molecule has 9 heteroatoms. The number of esters is 1. The Morgan fingerprint density at radius 3 is 2.37 bits per heavy atom. The zero-order valence-corrected chi connectivity index (χ0v) is 15.9. The summed E-state index contributed by atoms with van der Waals surface area (Å²) in [7, 11) is 1.24. The first-order valence-electron chi connectivity index (χ1n) is 7.72. The Morgan fingerprint density at radius 2 is 1.70 bits per heavy atom. The first-order valence-corrected chi connectivity index (χ1v) is 8.47. The first-order chi connectivity index (χ1) is 12.8. The molecule has 2 aromatic rings. The Bertz CT molecular complexity index is 873. The minimum atomic E-state index is -0.939. The number of hydrogen-bond acceptors (Lipinski definition) is 5. The van der Waals surface area contributed by atoms with Gasteiger partial charge in [-0.25, -0.2) is 4.79 Å². The van der Waals surface area contributed by atoms with Gasteiger partial charge in [0.05, 0.1) is 17.7 Å².